The first-order valence-electron chi connectivity index (χ1n) is 16.7. The van der Waals surface area contributed by atoms with Gasteiger partial charge in [-0.15, -0.1) is 0 Å². The molecule has 3 heterocycles. The Hall–Kier alpha value is -4.42. The minimum absolute atomic E-state index is 0.0127. The molecule has 0 bridgehead atoms. The van der Waals surface area contributed by atoms with Gasteiger partial charge in [0.1, 0.15) is 68.1 Å². The second-order valence-electron chi connectivity index (χ2n) is 12.5. The second kappa shape index (κ2) is 18.5. The highest BCUT2D eigenvalue weighted by molar-refractivity contribution is 5.92. The average molecular weight is 783 g/mol. The number of benzene rings is 2. The van der Waals surface area contributed by atoms with Crippen molar-refractivity contribution in [1.82, 2.24) is 0 Å². The van der Waals surface area contributed by atoms with Gasteiger partial charge in [-0.3, -0.25) is 0 Å². The third kappa shape index (κ3) is 10.1. The molecule has 2 unspecified atom stereocenters. The monoisotopic (exact) mass is 782 g/mol. The number of hydrogen-bond acceptors (Lipinski definition) is 20. The number of hydrogen-bond donors (Lipinski definition) is 9. The van der Waals surface area contributed by atoms with Gasteiger partial charge in [0, 0.05) is 6.08 Å². The lowest BCUT2D eigenvalue weighted by Gasteiger charge is -2.36. The summed E-state index contributed by atoms with van der Waals surface area (Å²) in [5, 5.41) is 89.8. The van der Waals surface area contributed by atoms with E-state index in [9.17, 15) is 55.5 Å². The number of carbonyl (C=O) groups is 2. The van der Waals surface area contributed by atoms with Crippen LogP contribution < -0.4 is 14.2 Å². The molecule has 3 saturated heterocycles. The van der Waals surface area contributed by atoms with Crippen molar-refractivity contribution in [2.24, 2.45) is 0 Å². The molecule has 302 valence electrons. The molecule has 0 aliphatic carbocycles. The molecule has 3 fully saturated rings. The van der Waals surface area contributed by atoms with E-state index < -0.39 is 105 Å². The van der Waals surface area contributed by atoms with Crippen LogP contribution in [-0.4, -0.2) is 166 Å². The first-order valence-corrected chi connectivity index (χ1v) is 16.7. The summed E-state index contributed by atoms with van der Waals surface area (Å²) in [6.45, 7) is -1.45. The van der Waals surface area contributed by atoms with Crippen LogP contribution in [0.25, 0.3) is 12.2 Å². The lowest BCUT2D eigenvalue weighted by molar-refractivity contribution is -0.299. The quantitative estimate of drug-likeness (QED) is 0.0534. The number of rotatable bonds is 14. The highest BCUT2D eigenvalue weighted by Gasteiger charge is 2.48. The van der Waals surface area contributed by atoms with Crippen LogP contribution in [0.2, 0.25) is 0 Å². The van der Waals surface area contributed by atoms with Crippen molar-refractivity contribution in [1.29, 1.82) is 0 Å². The van der Waals surface area contributed by atoms with E-state index in [1.807, 2.05) is 0 Å². The number of carbonyl (C=O) groups excluding carboxylic acids is 2. The summed E-state index contributed by atoms with van der Waals surface area (Å²) < 4.78 is 47.6. The van der Waals surface area contributed by atoms with Crippen LogP contribution in [0.5, 0.6) is 23.0 Å². The van der Waals surface area contributed by atoms with Crippen molar-refractivity contribution in [2.75, 3.05) is 34.0 Å². The predicted molar refractivity (Wildman–Crippen MR) is 180 cm³/mol. The molecule has 20 nitrogen and oxygen atoms in total. The zero-order valence-electron chi connectivity index (χ0n) is 29.3. The van der Waals surface area contributed by atoms with Gasteiger partial charge in [0.15, 0.2) is 41.9 Å². The molecule has 9 N–H and O–H groups in total. The fourth-order valence-electron chi connectivity index (χ4n) is 5.58. The molecule has 0 spiro atoms. The van der Waals surface area contributed by atoms with Crippen molar-refractivity contribution in [3.05, 3.63) is 59.4 Å². The number of phenols is 1. The van der Waals surface area contributed by atoms with Crippen molar-refractivity contribution < 1.29 is 98.2 Å². The summed E-state index contributed by atoms with van der Waals surface area (Å²) in [6, 6.07) is 8.56. The summed E-state index contributed by atoms with van der Waals surface area (Å²) in [5.41, 5.74) is 0.744. The Labute approximate surface area is 312 Å². The molecule has 2 aromatic carbocycles. The van der Waals surface area contributed by atoms with Gasteiger partial charge < -0.3 is 88.6 Å². The summed E-state index contributed by atoms with van der Waals surface area (Å²) >= 11 is 0. The minimum atomic E-state index is -1.71. The van der Waals surface area contributed by atoms with Crippen LogP contribution in [0.4, 0.5) is 0 Å². The SMILES string of the molecule is COc1cc(/C=C(/Oc2ccc(/C=C/C(=O)OC[C@@H]3OC(O)[C@H](O[C@@H]4OC[C@@H](O)[C@H](O)[C@H]4O)[C@H]3O)cc2OC)C(=O)OC[C@@H]2OC(O)[C@H](O)[C@H]2O)ccc1O. The molecule has 3 aliphatic rings. The van der Waals surface area contributed by atoms with E-state index >= 15 is 0 Å². The molecular weight excluding hydrogens is 740 g/mol. The highest BCUT2D eigenvalue weighted by Crippen LogP contribution is 2.33. The molecule has 0 amide bonds. The lowest BCUT2D eigenvalue weighted by atomic mass is 10.1. The number of aliphatic hydroxyl groups is 8. The van der Waals surface area contributed by atoms with Gasteiger partial charge >= 0.3 is 11.9 Å². The van der Waals surface area contributed by atoms with E-state index in [4.69, 9.17) is 42.6 Å². The van der Waals surface area contributed by atoms with E-state index in [-0.39, 0.29) is 29.6 Å². The van der Waals surface area contributed by atoms with Gasteiger partial charge in [0.2, 0.25) is 5.76 Å². The van der Waals surface area contributed by atoms with E-state index in [0.29, 0.717) is 11.1 Å². The average Bonchev–Trinajstić information content (AvgIpc) is 3.59. The minimum Gasteiger partial charge on any atom is -0.504 e. The highest BCUT2D eigenvalue weighted by atomic mass is 16.7. The second-order valence-corrected chi connectivity index (χ2v) is 12.5. The van der Waals surface area contributed by atoms with Crippen molar-refractivity contribution in [3.8, 4) is 23.0 Å². The summed E-state index contributed by atoms with van der Waals surface area (Å²) in [4.78, 5) is 25.8. The normalized spacial score (nSPS) is 32.4. The first-order chi connectivity index (χ1) is 26.2. The Kier molecular flexibility index (Phi) is 14.0. The summed E-state index contributed by atoms with van der Waals surface area (Å²) in [6.07, 6.45) is -14.5. The fraction of sp³-hybridized carbons (Fsp3) is 0.486. The molecule has 12 atom stereocenters. The molecule has 0 radical (unpaired) electrons. The van der Waals surface area contributed by atoms with Gasteiger partial charge in [-0.25, -0.2) is 9.59 Å². The Morgan fingerprint density at radius 2 is 1.40 bits per heavy atom. The summed E-state index contributed by atoms with van der Waals surface area (Å²) in [7, 11) is 2.65. The number of methoxy groups -OCH3 is 2. The Morgan fingerprint density at radius 3 is 2.09 bits per heavy atom. The Bertz CT molecular complexity index is 1700. The summed E-state index contributed by atoms with van der Waals surface area (Å²) in [5.74, 6) is -2.29. The number of aromatic hydroxyl groups is 1. The number of esters is 2. The van der Waals surface area contributed by atoms with E-state index in [2.05, 4.69) is 0 Å². The van der Waals surface area contributed by atoms with Gasteiger partial charge in [0.05, 0.1) is 20.8 Å². The molecule has 0 aromatic heterocycles. The molecule has 55 heavy (non-hydrogen) atoms. The fourth-order valence-corrected chi connectivity index (χ4v) is 5.58. The van der Waals surface area contributed by atoms with Crippen molar-refractivity contribution in [3.63, 3.8) is 0 Å². The molecular formula is C35H42O20. The number of ether oxygens (including phenoxy) is 9. The molecule has 2 aromatic rings. The van der Waals surface area contributed by atoms with Crippen LogP contribution in [-0.2, 0) is 38.0 Å². The van der Waals surface area contributed by atoms with Crippen LogP contribution in [0.3, 0.4) is 0 Å². The molecule has 3 aliphatic heterocycles. The Morgan fingerprint density at radius 1 is 0.745 bits per heavy atom. The standard InChI is InChI=1S/C35H42O20/c1-47-20-10-16(3-6-17(20)36)11-22(32(44)50-14-23-27(40)29(42)33(45)53-23)52-19-7-4-15(9-21(19)48-2)5-8-25(38)49-13-24-28(41)31(34(46)54-24)55-35-30(43)26(39)18(37)12-51-35/h3-11,18,23-24,26-31,33-37,39-43,45-46H,12-14H2,1-2H3/b8-5+,22-11+/t18-,23+,24+,26+,27+,28+,29-,30-,31-,33?,34?,35+/m1/s1. The van der Waals surface area contributed by atoms with Gasteiger partial charge in [0.25, 0.3) is 0 Å². The van der Waals surface area contributed by atoms with Gasteiger partial charge in [-0.1, -0.05) is 12.1 Å². The van der Waals surface area contributed by atoms with E-state index in [0.717, 1.165) is 6.08 Å². The maximum atomic E-state index is 13.2. The van der Waals surface area contributed by atoms with Crippen molar-refractivity contribution in [2.45, 2.75) is 73.8 Å². The molecule has 20 heteroatoms. The Balaban J connectivity index is 1.22. The predicted octanol–water partition coefficient (Wildman–Crippen LogP) is -2.73. The lowest BCUT2D eigenvalue weighted by Crippen LogP contribution is -2.55. The maximum Gasteiger partial charge on any atom is 0.374 e. The largest absolute Gasteiger partial charge is 0.504 e. The van der Waals surface area contributed by atoms with Crippen LogP contribution in [0.15, 0.2) is 48.2 Å². The smallest absolute Gasteiger partial charge is 0.374 e. The third-order valence-electron chi connectivity index (χ3n) is 8.69. The topological polar surface area (TPSA) is 299 Å². The molecule has 0 saturated carbocycles. The van der Waals surface area contributed by atoms with E-state index in [1.54, 1.807) is 0 Å². The first kappa shape index (κ1) is 41.7. The zero-order chi connectivity index (χ0) is 40.0. The van der Waals surface area contributed by atoms with Gasteiger partial charge in [-0.05, 0) is 47.5 Å². The zero-order valence-corrected chi connectivity index (χ0v) is 29.3. The molecule has 5 rings (SSSR count). The third-order valence-corrected chi connectivity index (χ3v) is 8.69. The number of phenolic OH excluding ortho intramolecular Hbond substituents is 1. The maximum absolute atomic E-state index is 13.2. The van der Waals surface area contributed by atoms with E-state index in [1.165, 1.54) is 62.8 Å². The van der Waals surface area contributed by atoms with Crippen LogP contribution >= 0.6 is 0 Å². The number of aliphatic hydroxyl groups excluding tert-OH is 8. The van der Waals surface area contributed by atoms with Crippen molar-refractivity contribution >= 4 is 24.1 Å². The van der Waals surface area contributed by atoms with Crippen LogP contribution in [0, 0.1) is 0 Å². The van der Waals surface area contributed by atoms with Crippen LogP contribution in [0.1, 0.15) is 11.1 Å². The van der Waals surface area contributed by atoms with Gasteiger partial charge in [-0.2, -0.15) is 0 Å².